The molecule has 0 spiro atoms. The Balaban J connectivity index is 1.25. The molecule has 172 valence electrons. The van der Waals surface area contributed by atoms with E-state index in [0.29, 0.717) is 11.5 Å². The van der Waals surface area contributed by atoms with E-state index >= 15 is 0 Å². The number of pyridine rings is 1. The van der Waals surface area contributed by atoms with Crippen molar-refractivity contribution in [1.29, 1.82) is 0 Å². The Kier molecular flexibility index (Phi) is 5.47. The number of anilines is 1. The molecule has 4 aromatic rings. The lowest BCUT2D eigenvalue weighted by Crippen LogP contribution is -2.36. The van der Waals surface area contributed by atoms with Gasteiger partial charge in [0.15, 0.2) is 0 Å². The molecule has 2 aromatic carbocycles. The van der Waals surface area contributed by atoms with Crippen molar-refractivity contribution < 1.29 is 9.53 Å². The molecule has 7 nitrogen and oxygen atoms in total. The first-order chi connectivity index (χ1) is 16.8. The van der Waals surface area contributed by atoms with Gasteiger partial charge in [0.25, 0.3) is 5.91 Å². The molecule has 0 bridgehead atoms. The minimum Gasteiger partial charge on any atom is -0.378 e. The second-order valence-corrected chi connectivity index (χ2v) is 9.02. The molecule has 1 aliphatic carbocycles. The fourth-order valence-corrected chi connectivity index (χ4v) is 4.67. The van der Waals surface area contributed by atoms with E-state index < -0.39 is 0 Å². The van der Waals surface area contributed by atoms with E-state index in [1.807, 2.05) is 36.4 Å². The summed E-state index contributed by atoms with van der Waals surface area (Å²) >= 11 is 0. The van der Waals surface area contributed by atoms with Gasteiger partial charge in [-0.25, -0.2) is 0 Å². The summed E-state index contributed by atoms with van der Waals surface area (Å²) in [4.78, 5) is 20.0. The number of H-pyrrole nitrogens is 1. The molecule has 2 N–H and O–H groups in total. The predicted octanol–water partition coefficient (Wildman–Crippen LogP) is 4.34. The van der Waals surface area contributed by atoms with Gasteiger partial charge >= 0.3 is 0 Å². The largest absolute Gasteiger partial charge is 0.378 e. The summed E-state index contributed by atoms with van der Waals surface area (Å²) < 4.78 is 5.46. The molecule has 1 saturated carbocycles. The van der Waals surface area contributed by atoms with Crippen LogP contribution in [0.25, 0.3) is 22.2 Å². The van der Waals surface area contributed by atoms with Crippen LogP contribution in [0.2, 0.25) is 0 Å². The maximum absolute atomic E-state index is 13.2. The van der Waals surface area contributed by atoms with Crippen LogP contribution in [-0.4, -0.2) is 47.4 Å². The second-order valence-electron chi connectivity index (χ2n) is 9.02. The highest BCUT2D eigenvalue weighted by atomic mass is 16.5. The maximum Gasteiger partial charge on any atom is 0.251 e. The normalized spacial score (nSPS) is 17.0. The highest BCUT2D eigenvalue weighted by Gasteiger charge is 2.34. The van der Waals surface area contributed by atoms with Crippen molar-refractivity contribution in [1.82, 2.24) is 20.5 Å². The topological polar surface area (TPSA) is 83.1 Å². The van der Waals surface area contributed by atoms with Crippen molar-refractivity contribution in [3.8, 4) is 11.3 Å². The molecule has 2 aromatic heterocycles. The van der Waals surface area contributed by atoms with Gasteiger partial charge in [0.05, 0.1) is 36.2 Å². The third-order valence-electron chi connectivity index (χ3n) is 6.73. The van der Waals surface area contributed by atoms with Crippen LogP contribution in [-0.2, 0) is 4.74 Å². The molecule has 34 heavy (non-hydrogen) atoms. The lowest BCUT2D eigenvalue weighted by Gasteiger charge is -2.28. The molecule has 1 aliphatic heterocycles. The van der Waals surface area contributed by atoms with Crippen LogP contribution in [0.3, 0.4) is 0 Å². The number of ether oxygens (including phenoxy) is 1. The van der Waals surface area contributed by atoms with Gasteiger partial charge in [0, 0.05) is 41.5 Å². The van der Waals surface area contributed by atoms with Crippen LogP contribution in [0.4, 0.5) is 5.69 Å². The van der Waals surface area contributed by atoms with E-state index in [2.05, 4.69) is 49.7 Å². The molecule has 1 unspecified atom stereocenters. The van der Waals surface area contributed by atoms with Crippen LogP contribution in [0.1, 0.15) is 34.9 Å². The summed E-state index contributed by atoms with van der Waals surface area (Å²) in [7, 11) is 0. The van der Waals surface area contributed by atoms with Gasteiger partial charge in [0.1, 0.15) is 0 Å². The number of amides is 1. The zero-order valence-electron chi connectivity index (χ0n) is 18.9. The fraction of sp³-hybridized carbons (Fsp3) is 0.296. The van der Waals surface area contributed by atoms with E-state index in [0.717, 1.165) is 67.0 Å². The van der Waals surface area contributed by atoms with E-state index in [-0.39, 0.29) is 11.9 Å². The Morgan fingerprint density at radius 1 is 1.06 bits per heavy atom. The third kappa shape index (κ3) is 4.15. The number of morpholine rings is 1. The summed E-state index contributed by atoms with van der Waals surface area (Å²) in [5.41, 5.74) is 5.51. The van der Waals surface area contributed by atoms with Gasteiger partial charge in [0.2, 0.25) is 0 Å². The Morgan fingerprint density at radius 3 is 2.62 bits per heavy atom. The van der Waals surface area contributed by atoms with Gasteiger partial charge in [-0.1, -0.05) is 18.2 Å². The van der Waals surface area contributed by atoms with Crippen LogP contribution < -0.4 is 10.2 Å². The highest BCUT2D eigenvalue weighted by Crippen LogP contribution is 2.40. The van der Waals surface area contributed by atoms with Crippen LogP contribution in [0, 0.1) is 5.92 Å². The molecule has 2 fully saturated rings. The fourth-order valence-electron chi connectivity index (χ4n) is 4.67. The standard InChI is InChI=1S/C27H27N5O2/c33-27(29-26(19-4-5-19)24-3-1-2-12-28-24)20-8-11-23-22(17-20)25(31-30-23)18-6-9-21(10-7-18)32-13-15-34-16-14-32/h1-3,6-12,17,19,26H,4-5,13-16H2,(H,29,33)(H,30,31). The quantitative estimate of drug-likeness (QED) is 0.454. The molecule has 6 rings (SSSR count). The summed E-state index contributed by atoms with van der Waals surface area (Å²) in [6, 6.07) is 20.0. The van der Waals surface area contributed by atoms with Gasteiger partial charge in [-0.2, -0.15) is 5.10 Å². The van der Waals surface area contributed by atoms with Crippen molar-refractivity contribution in [3.05, 3.63) is 78.1 Å². The number of aromatic nitrogens is 3. The summed E-state index contributed by atoms with van der Waals surface area (Å²) in [6.07, 6.45) is 4.02. The predicted molar refractivity (Wildman–Crippen MR) is 132 cm³/mol. The summed E-state index contributed by atoms with van der Waals surface area (Å²) in [5, 5.41) is 11.8. The Labute approximate surface area is 198 Å². The third-order valence-corrected chi connectivity index (χ3v) is 6.73. The SMILES string of the molecule is O=C(NC(c1ccccn1)C1CC1)c1ccc2[nH]nc(-c3ccc(N4CCOCC4)cc3)c2c1. The minimum atomic E-state index is -0.0840. The van der Waals surface area contributed by atoms with E-state index in [4.69, 9.17) is 4.74 Å². The number of carbonyl (C=O) groups excluding carboxylic acids is 1. The molecule has 7 heteroatoms. The number of hydrogen-bond donors (Lipinski definition) is 2. The van der Waals surface area contributed by atoms with Gasteiger partial charge in [-0.05, 0) is 61.2 Å². The number of nitrogens with zero attached hydrogens (tertiary/aromatic N) is 3. The van der Waals surface area contributed by atoms with Crippen molar-refractivity contribution >= 4 is 22.5 Å². The summed E-state index contributed by atoms with van der Waals surface area (Å²) in [6.45, 7) is 3.34. The number of carbonyl (C=O) groups is 1. The zero-order valence-corrected chi connectivity index (χ0v) is 18.9. The lowest BCUT2D eigenvalue weighted by molar-refractivity contribution is 0.0931. The van der Waals surface area contributed by atoms with Crippen LogP contribution in [0.15, 0.2) is 66.9 Å². The molecule has 2 aliphatic rings. The van der Waals surface area contributed by atoms with Gasteiger partial charge in [-0.3, -0.25) is 14.9 Å². The van der Waals surface area contributed by atoms with E-state index in [9.17, 15) is 4.79 Å². The number of nitrogens with one attached hydrogen (secondary N) is 2. The molecule has 0 radical (unpaired) electrons. The highest BCUT2D eigenvalue weighted by molar-refractivity contribution is 6.01. The number of hydrogen-bond acceptors (Lipinski definition) is 5. The van der Waals surface area contributed by atoms with Crippen molar-refractivity contribution in [2.75, 3.05) is 31.2 Å². The maximum atomic E-state index is 13.2. The first-order valence-electron chi connectivity index (χ1n) is 11.9. The smallest absolute Gasteiger partial charge is 0.251 e. The van der Waals surface area contributed by atoms with E-state index in [1.54, 1.807) is 6.20 Å². The van der Waals surface area contributed by atoms with Gasteiger partial charge in [-0.15, -0.1) is 0 Å². The molecule has 1 saturated heterocycles. The number of aromatic amines is 1. The van der Waals surface area contributed by atoms with Crippen LogP contribution in [0.5, 0.6) is 0 Å². The molecule has 1 atom stereocenters. The number of benzene rings is 2. The summed E-state index contributed by atoms with van der Waals surface area (Å²) in [5.74, 6) is 0.372. The molecular formula is C27H27N5O2. The van der Waals surface area contributed by atoms with E-state index in [1.165, 1.54) is 5.69 Å². The number of fused-ring (bicyclic) bond motifs is 1. The van der Waals surface area contributed by atoms with Gasteiger partial charge < -0.3 is 15.0 Å². The molecule has 1 amide bonds. The molecular weight excluding hydrogens is 426 g/mol. The Hall–Kier alpha value is -3.71. The molecule has 3 heterocycles. The average molecular weight is 454 g/mol. The Bertz CT molecular complexity index is 1290. The van der Waals surface area contributed by atoms with Crippen molar-refractivity contribution in [2.24, 2.45) is 5.92 Å². The first kappa shape index (κ1) is 20.9. The monoisotopic (exact) mass is 453 g/mol. The van der Waals surface area contributed by atoms with Crippen molar-refractivity contribution in [3.63, 3.8) is 0 Å². The minimum absolute atomic E-state index is 0.0547. The second kappa shape index (κ2) is 8.91. The lowest BCUT2D eigenvalue weighted by atomic mass is 10.0. The first-order valence-corrected chi connectivity index (χ1v) is 11.9. The zero-order chi connectivity index (χ0) is 22.9. The number of rotatable bonds is 6. The van der Waals surface area contributed by atoms with Crippen LogP contribution >= 0.6 is 0 Å². The average Bonchev–Trinajstić information content (AvgIpc) is 3.66. The Morgan fingerprint density at radius 2 is 1.88 bits per heavy atom. The van der Waals surface area contributed by atoms with Crippen molar-refractivity contribution in [2.45, 2.75) is 18.9 Å².